The highest BCUT2D eigenvalue weighted by atomic mass is 35.5. The van der Waals surface area contributed by atoms with Gasteiger partial charge in [0.1, 0.15) is 11.5 Å². The van der Waals surface area contributed by atoms with Gasteiger partial charge in [-0.05, 0) is 61.8 Å². The summed E-state index contributed by atoms with van der Waals surface area (Å²) in [6.45, 7) is 2.62. The Hall–Kier alpha value is -2.24. The Balaban J connectivity index is 1.73. The Kier molecular flexibility index (Phi) is 7.18. The zero-order valence-electron chi connectivity index (χ0n) is 16.4. The lowest BCUT2D eigenvalue weighted by atomic mass is 10.0. The van der Waals surface area contributed by atoms with E-state index in [1.807, 2.05) is 12.1 Å². The Labute approximate surface area is 171 Å². The van der Waals surface area contributed by atoms with Crippen LogP contribution in [0.15, 0.2) is 42.5 Å². The third-order valence-electron chi connectivity index (χ3n) is 5.20. The number of piperidine rings is 1. The molecule has 1 amide bonds. The Morgan fingerprint density at radius 2 is 1.79 bits per heavy atom. The molecule has 1 saturated heterocycles. The lowest BCUT2D eigenvalue weighted by molar-refractivity contribution is 0.0924. The number of nitrogens with zero attached hydrogens (tertiary/aromatic N) is 1. The molecule has 5 nitrogen and oxygen atoms in total. The molecule has 0 bridgehead atoms. The van der Waals surface area contributed by atoms with E-state index in [0.717, 1.165) is 18.8 Å². The lowest BCUT2D eigenvalue weighted by Crippen LogP contribution is -2.40. The molecule has 28 heavy (non-hydrogen) atoms. The van der Waals surface area contributed by atoms with Crippen LogP contribution in [0.4, 0.5) is 0 Å². The van der Waals surface area contributed by atoms with Crippen molar-refractivity contribution in [1.29, 1.82) is 0 Å². The number of amides is 1. The number of carbonyl (C=O) groups excluding carboxylic acids is 1. The summed E-state index contributed by atoms with van der Waals surface area (Å²) < 4.78 is 10.4. The maximum absolute atomic E-state index is 12.7. The Bertz CT molecular complexity index is 789. The first-order chi connectivity index (χ1) is 13.6. The SMILES string of the molecule is COc1ccc([C@H](CNC(=O)c2ccc(OC)c(Cl)c2)N2CCCCC2)cc1. The molecule has 0 radical (unpaired) electrons. The third-order valence-corrected chi connectivity index (χ3v) is 5.50. The van der Waals surface area contributed by atoms with E-state index in [-0.39, 0.29) is 11.9 Å². The lowest BCUT2D eigenvalue weighted by Gasteiger charge is -2.35. The number of hydrogen-bond acceptors (Lipinski definition) is 4. The van der Waals surface area contributed by atoms with Gasteiger partial charge < -0.3 is 14.8 Å². The largest absolute Gasteiger partial charge is 0.497 e. The van der Waals surface area contributed by atoms with E-state index < -0.39 is 0 Å². The summed E-state index contributed by atoms with van der Waals surface area (Å²) >= 11 is 6.16. The van der Waals surface area contributed by atoms with Crippen LogP contribution in [0.3, 0.4) is 0 Å². The minimum Gasteiger partial charge on any atom is -0.497 e. The van der Waals surface area contributed by atoms with Crippen molar-refractivity contribution >= 4 is 17.5 Å². The molecule has 150 valence electrons. The number of carbonyl (C=O) groups is 1. The summed E-state index contributed by atoms with van der Waals surface area (Å²) in [7, 11) is 3.22. The molecule has 1 atom stereocenters. The number of likely N-dealkylation sites (tertiary alicyclic amines) is 1. The predicted octanol–water partition coefficient (Wildman–Crippen LogP) is 4.31. The quantitative estimate of drug-likeness (QED) is 0.749. The van der Waals surface area contributed by atoms with Crippen molar-refractivity contribution in [3.63, 3.8) is 0 Å². The van der Waals surface area contributed by atoms with Crippen LogP contribution in [0.5, 0.6) is 11.5 Å². The second-order valence-electron chi connectivity index (χ2n) is 6.94. The van der Waals surface area contributed by atoms with E-state index >= 15 is 0 Å². The summed E-state index contributed by atoms with van der Waals surface area (Å²) in [5, 5.41) is 3.51. The molecular formula is C22H27ClN2O3. The van der Waals surface area contributed by atoms with Crippen molar-refractivity contribution in [2.24, 2.45) is 0 Å². The highest BCUT2D eigenvalue weighted by molar-refractivity contribution is 6.32. The van der Waals surface area contributed by atoms with Crippen LogP contribution in [0.25, 0.3) is 0 Å². The normalized spacial score (nSPS) is 15.7. The van der Waals surface area contributed by atoms with E-state index in [2.05, 4.69) is 22.3 Å². The highest BCUT2D eigenvalue weighted by Crippen LogP contribution is 2.27. The first-order valence-electron chi connectivity index (χ1n) is 9.62. The van der Waals surface area contributed by atoms with Gasteiger partial charge >= 0.3 is 0 Å². The van der Waals surface area contributed by atoms with Crippen LogP contribution in [0, 0.1) is 0 Å². The van der Waals surface area contributed by atoms with Crippen LogP contribution >= 0.6 is 11.6 Å². The Morgan fingerprint density at radius 3 is 2.39 bits per heavy atom. The molecule has 1 N–H and O–H groups in total. The fraction of sp³-hybridized carbons (Fsp3) is 0.409. The van der Waals surface area contributed by atoms with Gasteiger partial charge in [0.2, 0.25) is 0 Å². The van der Waals surface area contributed by atoms with Gasteiger partial charge in [0.25, 0.3) is 5.91 Å². The average Bonchev–Trinajstić information content (AvgIpc) is 2.75. The number of benzene rings is 2. The molecule has 0 spiro atoms. The molecule has 1 aliphatic rings. The van der Waals surface area contributed by atoms with Crippen LogP contribution < -0.4 is 14.8 Å². The molecule has 1 fully saturated rings. The van der Waals surface area contributed by atoms with E-state index in [1.54, 1.807) is 32.4 Å². The average molecular weight is 403 g/mol. The summed E-state index contributed by atoms with van der Waals surface area (Å²) in [5.41, 5.74) is 1.70. The van der Waals surface area contributed by atoms with Crippen molar-refractivity contribution < 1.29 is 14.3 Å². The van der Waals surface area contributed by atoms with Crippen LogP contribution in [0.2, 0.25) is 5.02 Å². The van der Waals surface area contributed by atoms with Gasteiger partial charge in [-0.25, -0.2) is 0 Å². The number of nitrogens with one attached hydrogen (secondary N) is 1. The van der Waals surface area contributed by atoms with Crippen LogP contribution in [-0.4, -0.2) is 44.7 Å². The number of halogens is 1. The zero-order chi connectivity index (χ0) is 19.9. The smallest absolute Gasteiger partial charge is 0.251 e. The highest BCUT2D eigenvalue weighted by Gasteiger charge is 2.23. The molecule has 1 heterocycles. The molecule has 2 aromatic carbocycles. The summed E-state index contributed by atoms with van der Waals surface area (Å²) in [6.07, 6.45) is 3.64. The van der Waals surface area contributed by atoms with Gasteiger partial charge in [0, 0.05) is 12.1 Å². The van der Waals surface area contributed by atoms with Crippen molar-refractivity contribution in [3.05, 3.63) is 58.6 Å². The van der Waals surface area contributed by atoms with E-state index in [9.17, 15) is 4.79 Å². The maximum Gasteiger partial charge on any atom is 0.251 e. The van der Waals surface area contributed by atoms with E-state index in [0.29, 0.717) is 22.9 Å². The zero-order valence-corrected chi connectivity index (χ0v) is 17.2. The van der Waals surface area contributed by atoms with Crippen molar-refractivity contribution in [2.75, 3.05) is 33.9 Å². The topological polar surface area (TPSA) is 50.8 Å². The summed E-state index contributed by atoms with van der Waals surface area (Å²) in [4.78, 5) is 15.1. The molecule has 6 heteroatoms. The number of methoxy groups -OCH3 is 2. The second-order valence-corrected chi connectivity index (χ2v) is 7.35. The van der Waals surface area contributed by atoms with Crippen molar-refractivity contribution in [1.82, 2.24) is 10.2 Å². The van der Waals surface area contributed by atoms with Crippen LogP contribution in [-0.2, 0) is 0 Å². The molecule has 0 aliphatic carbocycles. The first kappa shape index (κ1) is 20.5. The Morgan fingerprint density at radius 1 is 1.07 bits per heavy atom. The van der Waals surface area contributed by atoms with Gasteiger partial charge in [-0.1, -0.05) is 30.2 Å². The molecule has 0 unspecified atom stereocenters. The molecule has 3 rings (SSSR count). The van der Waals surface area contributed by atoms with Gasteiger partial charge in [-0.15, -0.1) is 0 Å². The van der Waals surface area contributed by atoms with Gasteiger partial charge in [-0.2, -0.15) is 0 Å². The van der Waals surface area contributed by atoms with E-state index in [1.165, 1.54) is 24.8 Å². The van der Waals surface area contributed by atoms with Crippen LogP contribution in [0.1, 0.15) is 41.2 Å². The van der Waals surface area contributed by atoms with E-state index in [4.69, 9.17) is 21.1 Å². The molecule has 1 aliphatic heterocycles. The standard InChI is InChI=1S/C22H27ClN2O3/c1-27-18-9-6-16(7-10-18)20(25-12-4-3-5-13-25)15-24-22(26)17-8-11-21(28-2)19(23)14-17/h6-11,14,20H,3-5,12-13,15H2,1-2H3,(H,24,26)/t20-/m0/s1. The second kappa shape index (κ2) is 9.80. The number of rotatable bonds is 7. The molecule has 0 saturated carbocycles. The fourth-order valence-corrected chi connectivity index (χ4v) is 3.87. The minimum absolute atomic E-state index is 0.129. The number of hydrogen-bond donors (Lipinski definition) is 1. The molecule has 0 aromatic heterocycles. The fourth-order valence-electron chi connectivity index (χ4n) is 3.61. The van der Waals surface area contributed by atoms with Gasteiger partial charge in [-0.3, -0.25) is 9.69 Å². The van der Waals surface area contributed by atoms with Gasteiger partial charge in [0.05, 0.1) is 25.3 Å². The minimum atomic E-state index is -0.139. The molecular weight excluding hydrogens is 376 g/mol. The monoisotopic (exact) mass is 402 g/mol. The third kappa shape index (κ3) is 4.97. The first-order valence-corrected chi connectivity index (χ1v) is 10.00. The van der Waals surface area contributed by atoms with Crippen molar-refractivity contribution in [3.8, 4) is 11.5 Å². The summed E-state index contributed by atoms with van der Waals surface area (Å²) in [5.74, 6) is 1.25. The predicted molar refractivity (Wildman–Crippen MR) is 111 cm³/mol. The number of ether oxygens (including phenoxy) is 2. The maximum atomic E-state index is 12.7. The van der Waals surface area contributed by atoms with Gasteiger partial charge in [0.15, 0.2) is 0 Å². The van der Waals surface area contributed by atoms with Crippen molar-refractivity contribution in [2.45, 2.75) is 25.3 Å². The summed E-state index contributed by atoms with van der Waals surface area (Å²) in [6, 6.07) is 13.3. The molecule has 2 aromatic rings.